The molecule has 1 rings (SSSR count). The van der Waals surface area contributed by atoms with Crippen LogP contribution in [-0.2, 0) is 4.74 Å². The molecule has 0 radical (unpaired) electrons. The molecule has 0 N–H and O–H groups in total. The van der Waals surface area contributed by atoms with Crippen molar-refractivity contribution in [1.82, 2.24) is 0 Å². The first-order chi connectivity index (χ1) is 6.10. The van der Waals surface area contributed by atoms with Crippen LogP contribution in [0.2, 0.25) is 0 Å². The van der Waals surface area contributed by atoms with Crippen molar-refractivity contribution in [2.75, 3.05) is 6.61 Å². The minimum atomic E-state index is -0.514. The molecule has 0 saturated carbocycles. The summed E-state index contributed by atoms with van der Waals surface area (Å²) in [5.41, 5.74) is -0.514. The van der Waals surface area contributed by atoms with Crippen LogP contribution >= 0.6 is 0 Å². The molecule has 1 fully saturated rings. The van der Waals surface area contributed by atoms with Crippen molar-refractivity contribution in [2.45, 2.75) is 45.6 Å². The molecule has 0 spiro atoms. The van der Waals surface area contributed by atoms with Gasteiger partial charge in [-0.15, -0.1) is 0 Å². The molecule has 13 heavy (non-hydrogen) atoms. The zero-order valence-electron chi connectivity index (χ0n) is 8.77. The van der Waals surface area contributed by atoms with Gasteiger partial charge in [0, 0.05) is 0 Å². The molecule has 0 amide bonds. The fourth-order valence-electron chi connectivity index (χ4n) is 1.40. The normalized spacial score (nSPS) is 28.2. The second-order valence-electron chi connectivity index (χ2n) is 4.15. The zero-order valence-corrected chi connectivity index (χ0v) is 8.77. The summed E-state index contributed by atoms with van der Waals surface area (Å²) in [7, 11) is 0. The molecule has 1 aliphatic heterocycles. The van der Waals surface area contributed by atoms with Gasteiger partial charge in [-0.05, 0) is 18.4 Å². The largest absolute Gasteiger partial charge is 0.362 e. The van der Waals surface area contributed by atoms with Gasteiger partial charge in [-0.3, -0.25) is 0 Å². The Labute approximate surface area is 80.0 Å². The van der Waals surface area contributed by atoms with Crippen LogP contribution in [0.15, 0.2) is 11.9 Å². The molecule has 0 aromatic carbocycles. The van der Waals surface area contributed by atoms with E-state index in [0.29, 0.717) is 6.61 Å². The van der Waals surface area contributed by atoms with Crippen LogP contribution in [-0.4, -0.2) is 12.2 Å². The van der Waals surface area contributed by atoms with Crippen molar-refractivity contribution in [1.29, 1.82) is 0 Å². The molecule has 0 aromatic heterocycles. The Morgan fingerprint density at radius 3 is 2.62 bits per heavy atom. The third kappa shape index (κ3) is 2.80. The van der Waals surface area contributed by atoms with E-state index >= 15 is 0 Å². The van der Waals surface area contributed by atoms with Crippen molar-refractivity contribution >= 4 is 0 Å². The summed E-state index contributed by atoms with van der Waals surface area (Å²) in [6.45, 7) is 6.65. The quantitative estimate of drug-likeness (QED) is 0.599. The summed E-state index contributed by atoms with van der Waals surface area (Å²) in [5.74, 6) is 0.207. The lowest BCUT2D eigenvalue weighted by Gasteiger charge is -2.09. The van der Waals surface area contributed by atoms with Crippen LogP contribution in [0.25, 0.3) is 0 Å². The minimum absolute atomic E-state index is 0.0593. The first kappa shape index (κ1) is 10.7. The van der Waals surface area contributed by atoms with Gasteiger partial charge in [0.25, 0.3) is 0 Å². The van der Waals surface area contributed by atoms with Crippen LogP contribution in [0, 0.1) is 5.92 Å². The van der Waals surface area contributed by atoms with E-state index < -0.39 is 5.60 Å². The first-order valence-electron chi connectivity index (χ1n) is 5.12. The smallest absolute Gasteiger partial charge is 0.142 e. The van der Waals surface area contributed by atoms with Gasteiger partial charge in [-0.1, -0.05) is 33.6 Å². The molecule has 1 atom stereocenters. The number of unbranched alkanes of at least 4 members (excludes halogenated alkanes) is 1. The lowest BCUT2D eigenvalue weighted by molar-refractivity contribution is 0.279. The van der Waals surface area contributed by atoms with Gasteiger partial charge in [0.15, 0.2) is 0 Å². The van der Waals surface area contributed by atoms with Gasteiger partial charge in [0.2, 0.25) is 0 Å². The van der Waals surface area contributed by atoms with E-state index in [0.717, 1.165) is 19.3 Å². The number of hydrogen-bond acceptors (Lipinski definition) is 1. The van der Waals surface area contributed by atoms with Gasteiger partial charge in [0.1, 0.15) is 11.4 Å². The summed E-state index contributed by atoms with van der Waals surface area (Å²) in [6, 6.07) is 0. The standard InChI is InChI=1S/C11H19FO/c1-4-5-6-11(8-13-11)10(12)7-9(2)3/h7,9H,4-6,8H2,1-3H3/b10-7-. The fraction of sp³-hybridized carbons (Fsp3) is 0.818. The number of ether oxygens (including phenoxy) is 1. The summed E-state index contributed by atoms with van der Waals surface area (Å²) in [6.07, 6.45) is 4.64. The molecule has 76 valence electrons. The molecule has 2 heteroatoms. The maximum atomic E-state index is 13.6. The zero-order chi connectivity index (χ0) is 9.90. The van der Waals surface area contributed by atoms with Crippen LogP contribution in [0.5, 0.6) is 0 Å². The summed E-state index contributed by atoms with van der Waals surface area (Å²) >= 11 is 0. The van der Waals surface area contributed by atoms with Gasteiger partial charge in [-0.25, -0.2) is 4.39 Å². The van der Waals surface area contributed by atoms with Crippen LogP contribution in [0.4, 0.5) is 4.39 Å². The van der Waals surface area contributed by atoms with E-state index in [1.165, 1.54) is 0 Å². The fourth-order valence-corrected chi connectivity index (χ4v) is 1.40. The molecule has 0 aromatic rings. The van der Waals surface area contributed by atoms with Gasteiger partial charge >= 0.3 is 0 Å². The van der Waals surface area contributed by atoms with E-state index in [2.05, 4.69) is 6.92 Å². The first-order valence-corrected chi connectivity index (χ1v) is 5.12. The molecule has 1 heterocycles. The maximum Gasteiger partial charge on any atom is 0.142 e. The van der Waals surface area contributed by atoms with Crippen molar-refractivity contribution in [3.63, 3.8) is 0 Å². The van der Waals surface area contributed by atoms with Crippen molar-refractivity contribution in [3.05, 3.63) is 11.9 Å². The minimum Gasteiger partial charge on any atom is -0.362 e. The van der Waals surface area contributed by atoms with Crippen LogP contribution in [0.1, 0.15) is 40.0 Å². The van der Waals surface area contributed by atoms with E-state index in [1.807, 2.05) is 13.8 Å². The number of epoxide rings is 1. The van der Waals surface area contributed by atoms with Crippen molar-refractivity contribution in [2.24, 2.45) is 5.92 Å². The molecule has 1 saturated heterocycles. The highest BCUT2D eigenvalue weighted by Gasteiger charge is 2.48. The van der Waals surface area contributed by atoms with Gasteiger partial charge in [0.05, 0.1) is 6.61 Å². The van der Waals surface area contributed by atoms with Crippen molar-refractivity contribution < 1.29 is 9.13 Å². The second kappa shape index (κ2) is 4.23. The second-order valence-corrected chi connectivity index (χ2v) is 4.15. The number of allylic oxidation sites excluding steroid dienone is 1. The summed E-state index contributed by atoms with van der Waals surface area (Å²) in [4.78, 5) is 0. The Hall–Kier alpha value is -0.370. The molecular weight excluding hydrogens is 167 g/mol. The number of halogens is 1. The SMILES string of the molecule is CCCCC1(/C(F)=C/C(C)C)CO1. The van der Waals surface area contributed by atoms with E-state index in [-0.39, 0.29) is 11.7 Å². The summed E-state index contributed by atoms with van der Waals surface area (Å²) < 4.78 is 18.8. The van der Waals surface area contributed by atoms with Crippen LogP contribution in [0.3, 0.4) is 0 Å². The van der Waals surface area contributed by atoms with Crippen molar-refractivity contribution in [3.8, 4) is 0 Å². The monoisotopic (exact) mass is 186 g/mol. The van der Waals surface area contributed by atoms with E-state index in [9.17, 15) is 4.39 Å². The predicted octanol–water partition coefficient (Wildman–Crippen LogP) is 3.46. The molecule has 0 aliphatic carbocycles. The molecule has 1 unspecified atom stereocenters. The number of rotatable bonds is 5. The van der Waals surface area contributed by atoms with Gasteiger partial charge < -0.3 is 4.74 Å². The molecule has 0 bridgehead atoms. The Kier molecular flexibility index (Phi) is 3.48. The predicted molar refractivity (Wildman–Crippen MR) is 52.2 cm³/mol. The third-order valence-corrected chi connectivity index (χ3v) is 2.34. The lowest BCUT2D eigenvalue weighted by Crippen LogP contribution is -2.12. The van der Waals surface area contributed by atoms with E-state index in [1.54, 1.807) is 6.08 Å². The Balaban J connectivity index is 2.49. The molecule has 1 nitrogen and oxygen atoms in total. The Morgan fingerprint density at radius 1 is 1.62 bits per heavy atom. The Morgan fingerprint density at radius 2 is 2.23 bits per heavy atom. The average Bonchev–Trinajstić information content (AvgIpc) is 2.80. The average molecular weight is 186 g/mol. The maximum absolute atomic E-state index is 13.6. The van der Waals surface area contributed by atoms with Gasteiger partial charge in [-0.2, -0.15) is 0 Å². The third-order valence-electron chi connectivity index (χ3n) is 2.34. The van der Waals surface area contributed by atoms with E-state index in [4.69, 9.17) is 4.74 Å². The summed E-state index contributed by atoms with van der Waals surface area (Å²) in [5, 5.41) is 0. The molecular formula is C11H19FO. The Bertz CT molecular complexity index is 192. The molecule has 1 aliphatic rings. The lowest BCUT2D eigenvalue weighted by atomic mass is 9.99. The van der Waals surface area contributed by atoms with Crippen LogP contribution < -0.4 is 0 Å². The highest BCUT2D eigenvalue weighted by Crippen LogP contribution is 2.41. The number of hydrogen-bond donors (Lipinski definition) is 0. The topological polar surface area (TPSA) is 12.5 Å². The highest BCUT2D eigenvalue weighted by molar-refractivity contribution is 5.17. The highest BCUT2D eigenvalue weighted by atomic mass is 19.1.